The van der Waals surface area contributed by atoms with E-state index in [-0.39, 0.29) is 5.54 Å². The van der Waals surface area contributed by atoms with E-state index >= 15 is 0 Å². The van der Waals surface area contributed by atoms with Gasteiger partial charge in [-0.05, 0) is 12.0 Å². The average molecular weight is 261 g/mol. The number of guanidine groups is 1. The van der Waals surface area contributed by atoms with Crippen LogP contribution in [-0.4, -0.2) is 33.9 Å². The smallest absolute Gasteiger partial charge is 0.192 e. The fourth-order valence-electron chi connectivity index (χ4n) is 2.91. The lowest BCUT2D eigenvalue weighted by atomic mass is 9.94. The fourth-order valence-corrected chi connectivity index (χ4v) is 4.29. The summed E-state index contributed by atoms with van der Waals surface area (Å²) in [5, 5.41) is 0.712. The molecule has 3 rings (SSSR count). The second kappa shape index (κ2) is 4.50. The minimum atomic E-state index is 0.171. The molecule has 1 aromatic rings. The number of nitrogens with zero attached hydrogens (tertiary/aromatic N) is 2. The molecule has 0 aliphatic carbocycles. The molecule has 1 spiro atoms. The van der Waals surface area contributed by atoms with E-state index in [1.54, 1.807) is 0 Å². The van der Waals surface area contributed by atoms with E-state index in [0.29, 0.717) is 11.2 Å². The first-order chi connectivity index (χ1) is 8.70. The van der Waals surface area contributed by atoms with Crippen molar-refractivity contribution >= 4 is 17.7 Å². The maximum absolute atomic E-state index is 6.09. The number of rotatable bonds is 2. The molecule has 2 atom stereocenters. The lowest BCUT2D eigenvalue weighted by Crippen LogP contribution is -2.51. The molecule has 0 bridgehead atoms. The van der Waals surface area contributed by atoms with E-state index in [2.05, 4.69) is 41.1 Å². The van der Waals surface area contributed by atoms with E-state index in [1.807, 2.05) is 17.8 Å². The van der Waals surface area contributed by atoms with Gasteiger partial charge in [0.15, 0.2) is 5.96 Å². The number of aliphatic imine (C=N–C) groups is 1. The molecule has 96 valence electrons. The third kappa shape index (κ3) is 1.99. The molecule has 2 N–H and O–H groups in total. The number of nitrogens with two attached hydrogens (primary N) is 1. The molecule has 0 amide bonds. The van der Waals surface area contributed by atoms with Crippen LogP contribution in [0.2, 0.25) is 0 Å². The Balaban J connectivity index is 1.82. The predicted octanol–water partition coefficient (Wildman–Crippen LogP) is 2.08. The van der Waals surface area contributed by atoms with Crippen molar-refractivity contribution in [3.8, 4) is 0 Å². The first-order valence-corrected chi connectivity index (χ1v) is 7.48. The highest BCUT2D eigenvalue weighted by Gasteiger charge is 2.46. The van der Waals surface area contributed by atoms with Crippen LogP contribution >= 0.6 is 11.8 Å². The number of hydrogen-bond donors (Lipinski definition) is 1. The van der Waals surface area contributed by atoms with E-state index in [4.69, 9.17) is 5.73 Å². The third-order valence-electron chi connectivity index (χ3n) is 3.87. The molecular weight excluding hydrogens is 242 g/mol. The first-order valence-electron chi connectivity index (χ1n) is 6.43. The zero-order valence-corrected chi connectivity index (χ0v) is 11.5. The van der Waals surface area contributed by atoms with Crippen LogP contribution in [0.4, 0.5) is 0 Å². The summed E-state index contributed by atoms with van der Waals surface area (Å²) in [7, 11) is 0. The van der Waals surface area contributed by atoms with Gasteiger partial charge in [0.2, 0.25) is 0 Å². The minimum Gasteiger partial charge on any atom is -0.370 e. The van der Waals surface area contributed by atoms with Crippen LogP contribution in [0.15, 0.2) is 35.3 Å². The molecule has 2 unspecified atom stereocenters. The van der Waals surface area contributed by atoms with Crippen LogP contribution in [0.3, 0.4) is 0 Å². The van der Waals surface area contributed by atoms with Crippen LogP contribution in [0.25, 0.3) is 0 Å². The lowest BCUT2D eigenvalue weighted by molar-refractivity contribution is 0.216. The molecule has 2 aliphatic rings. The van der Waals surface area contributed by atoms with Crippen molar-refractivity contribution in [1.29, 1.82) is 0 Å². The second-order valence-corrected chi connectivity index (χ2v) is 6.72. The Bertz CT molecular complexity index is 459. The van der Waals surface area contributed by atoms with Crippen molar-refractivity contribution in [2.45, 2.75) is 30.7 Å². The van der Waals surface area contributed by atoms with Gasteiger partial charge in [0.1, 0.15) is 0 Å². The SMILES string of the molecule is CC1CC2(CN=C(N)N2Cc2ccccc2)CS1. The molecule has 1 aromatic carbocycles. The Kier molecular flexibility index (Phi) is 2.98. The van der Waals surface area contributed by atoms with Crippen molar-refractivity contribution in [1.82, 2.24) is 4.90 Å². The van der Waals surface area contributed by atoms with Crippen molar-refractivity contribution in [2.24, 2.45) is 10.7 Å². The molecule has 0 aromatic heterocycles. The van der Waals surface area contributed by atoms with Gasteiger partial charge in [0, 0.05) is 17.5 Å². The van der Waals surface area contributed by atoms with Crippen LogP contribution in [0.5, 0.6) is 0 Å². The van der Waals surface area contributed by atoms with E-state index in [0.717, 1.165) is 18.8 Å². The third-order valence-corrected chi connectivity index (χ3v) is 5.31. The van der Waals surface area contributed by atoms with Crippen LogP contribution in [-0.2, 0) is 6.54 Å². The van der Waals surface area contributed by atoms with Crippen molar-refractivity contribution < 1.29 is 0 Å². The Labute approximate surface area is 112 Å². The molecule has 18 heavy (non-hydrogen) atoms. The summed E-state index contributed by atoms with van der Waals surface area (Å²) in [6, 6.07) is 10.5. The maximum Gasteiger partial charge on any atom is 0.192 e. The zero-order chi connectivity index (χ0) is 12.6. The summed E-state index contributed by atoms with van der Waals surface area (Å²) in [6.45, 7) is 4.04. The van der Waals surface area contributed by atoms with Gasteiger partial charge in [0.25, 0.3) is 0 Å². The number of hydrogen-bond acceptors (Lipinski definition) is 4. The Morgan fingerprint density at radius 1 is 1.44 bits per heavy atom. The summed E-state index contributed by atoms with van der Waals surface area (Å²) >= 11 is 2.04. The Morgan fingerprint density at radius 2 is 2.22 bits per heavy atom. The van der Waals surface area contributed by atoms with E-state index < -0.39 is 0 Å². The quantitative estimate of drug-likeness (QED) is 0.886. The van der Waals surface area contributed by atoms with Crippen molar-refractivity contribution in [2.75, 3.05) is 12.3 Å². The summed E-state index contributed by atoms with van der Waals surface area (Å²) in [5.41, 5.74) is 7.57. The Hall–Kier alpha value is -1.16. The van der Waals surface area contributed by atoms with Gasteiger partial charge in [-0.15, -0.1) is 0 Å². The van der Waals surface area contributed by atoms with Crippen LogP contribution in [0.1, 0.15) is 18.9 Å². The van der Waals surface area contributed by atoms with Gasteiger partial charge < -0.3 is 10.6 Å². The minimum absolute atomic E-state index is 0.171. The first kappa shape index (κ1) is 11.9. The topological polar surface area (TPSA) is 41.6 Å². The van der Waals surface area contributed by atoms with Crippen LogP contribution < -0.4 is 5.73 Å². The van der Waals surface area contributed by atoms with Gasteiger partial charge in [-0.3, -0.25) is 4.99 Å². The highest BCUT2D eigenvalue weighted by molar-refractivity contribution is 8.00. The van der Waals surface area contributed by atoms with E-state index in [9.17, 15) is 0 Å². The largest absolute Gasteiger partial charge is 0.370 e. The van der Waals surface area contributed by atoms with Crippen LogP contribution in [0, 0.1) is 0 Å². The highest BCUT2D eigenvalue weighted by Crippen LogP contribution is 2.41. The molecule has 2 aliphatic heterocycles. The van der Waals surface area contributed by atoms with Gasteiger partial charge in [0.05, 0.1) is 12.1 Å². The van der Waals surface area contributed by atoms with Crippen molar-refractivity contribution in [3.05, 3.63) is 35.9 Å². The molecule has 1 saturated heterocycles. The predicted molar refractivity (Wildman–Crippen MR) is 77.7 cm³/mol. The highest BCUT2D eigenvalue weighted by atomic mass is 32.2. The Morgan fingerprint density at radius 3 is 2.89 bits per heavy atom. The maximum atomic E-state index is 6.09. The normalized spacial score (nSPS) is 31.1. The van der Waals surface area contributed by atoms with Gasteiger partial charge in [-0.25, -0.2) is 0 Å². The average Bonchev–Trinajstić information content (AvgIpc) is 2.89. The summed E-state index contributed by atoms with van der Waals surface area (Å²) in [5.74, 6) is 1.86. The summed E-state index contributed by atoms with van der Waals surface area (Å²) in [6.07, 6.45) is 1.19. The van der Waals surface area contributed by atoms with Crippen molar-refractivity contribution in [3.63, 3.8) is 0 Å². The lowest BCUT2D eigenvalue weighted by Gasteiger charge is -2.35. The molecule has 0 radical (unpaired) electrons. The van der Waals surface area contributed by atoms with Gasteiger partial charge in [-0.2, -0.15) is 11.8 Å². The molecule has 2 heterocycles. The molecule has 3 nitrogen and oxygen atoms in total. The monoisotopic (exact) mass is 261 g/mol. The molecular formula is C14H19N3S. The summed E-state index contributed by atoms with van der Waals surface area (Å²) < 4.78 is 0. The molecule has 4 heteroatoms. The van der Waals surface area contributed by atoms with E-state index in [1.165, 1.54) is 12.0 Å². The molecule has 1 fully saturated rings. The number of benzene rings is 1. The fraction of sp³-hybridized carbons (Fsp3) is 0.500. The van der Waals surface area contributed by atoms with Gasteiger partial charge >= 0.3 is 0 Å². The standard InChI is InChI=1S/C14H19N3S/c1-11-7-14(10-18-11)9-16-13(15)17(14)8-12-5-3-2-4-6-12/h2-6,11H,7-10H2,1H3,(H2,15,16). The number of thioether (sulfide) groups is 1. The summed E-state index contributed by atoms with van der Waals surface area (Å²) in [4.78, 5) is 6.81. The second-order valence-electron chi connectivity index (χ2n) is 5.30. The van der Waals surface area contributed by atoms with Gasteiger partial charge in [-0.1, -0.05) is 37.3 Å². The zero-order valence-electron chi connectivity index (χ0n) is 10.7. The molecule has 0 saturated carbocycles.